The van der Waals surface area contributed by atoms with Gasteiger partial charge >= 0.3 is 0 Å². The molecule has 0 radical (unpaired) electrons. The van der Waals surface area contributed by atoms with Gasteiger partial charge in [-0.25, -0.2) is 0 Å². The number of carbonyl (C=O) groups excluding carboxylic acids is 2. The first-order valence-corrected chi connectivity index (χ1v) is 9.27. The van der Waals surface area contributed by atoms with E-state index < -0.39 is 0 Å². The van der Waals surface area contributed by atoms with Gasteiger partial charge in [-0.2, -0.15) is 0 Å². The van der Waals surface area contributed by atoms with Crippen LogP contribution in [0.15, 0.2) is 23.8 Å². The fourth-order valence-corrected chi connectivity index (χ4v) is 6.00. The third kappa shape index (κ3) is 2.19. The number of hydrogen-bond acceptors (Lipinski definition) is 4. The molecule has 24 heavy (non-hydrogen) atoms. The smallest absolute Gasteiger partial charge is 0.188 e. The van der Waals surface area contributed by atoms with E-state index >= 15 is 0 Å². The number of piperidine rings is 1. The van der Waals surface area contributed by atoms with Gasteiger partial charge in [0.1, 0.15) is 11.9 Å². The first-order chi connectivity index (χ1) is 11.6. The molecule has 2 fully saturated rings. The molecule has 0 N–H and O–H groups in total. The Hall–Kier alpha value is -1.26. The number of Topliss-reactive ketones (excluding diaryl/α,β-unsaturated/α-hetero) is 2. The van der Waals surface area contributed by atoms with Crippen molar-refractivity contribution in [2.45, 2.75) is 57.1 Å². The van der Waals surface area contributed by atoms with E-state index in [0.717, 1.165) is 50.8 Å². The summed E-state index contributed by atoms with van der Waals surface area (Å²) in [6.07, 6.45) is 7.50. The number of nitrogens with zero attached hydrogens (tertiary/aromatic N) is 1. The van der Waals surface area contributed by atoms with E-state index in [0.29, 0.717) is 30.6 Å². The maximum Gasteiger partial charge on any atom is 0.188 e. The summed E-state index contributed by atoms with van der Waals surface area (Å²) in [7, 11) is 1.63. The third-order valence-corrected chi connectivity index (χ3v) is 6.94. The van der Waals surface area contributed by atoms with Crippen molar-refractivity contribution in [3.05, 3.63) is 23.8 Å². The van der Waals surface area contributed by atoms with Crippen LogP contribution in [0.5, 0.6) is 0 Å². The molecule has 2 bridgehead atoms. The molecule has 1 aliphatic heterocycles. The lowest BCUT2D eigenvalue weighted by molar-refractivity contribution is -0.136. The summed E-state index contributed by atoms with van der Waals surface area (Å²) in [6, 6.07) is 0.468. The minimum atomic E-state index is -0.307. The summed E-state index contributed by atoms with van der Waals surface area (Å²) in [5.41, 5.74) is 2.12. The van der Waals surface area contributed by atoms with Gasteiger partial charge < -0.3 is 4.74 Å². The summed E-state index contributed by atoms with van der Waals surface area (Å²) in [5, 5.41) is 0. The molecule has 0 amide bonds. The van der Waals surface area contributed by atoms with E-state index in [9.17, 15) is 9.59 Å². The molecule has 4 aliphatic rings. The summed E-state index contributed by atoms with van der Waals surface area (Å²) >= 11 is 0. The molecule has 4 heteroatoms. The predicted molar refractivity (Wildman–Crippen MR) is 91.6 cm³/mol. The number of rotatable bonds is 3. The largest absolute Gasteiger partial charge is 0.373 e. The highest BCUT2D eigenvalue weighted by Crippen LogP contribution is 2.59. The van der Waals surface area contributed by atoms with Gasteiger partial charge in [-0.1, -0.05) is 11.6 Å². The topological polar surface area (TPSA) is 46.6 Å². The fourth-order valence-electron chi connectivity index (χ4n) is 6.00. The van der Waals surface area contributed by atoms with Crippen LogP contribution in [0.4, 0.5) is 0 Å². The second-order valence-corrected chi connectivity index (χ2v) is 7.93. The number of ketones is 2. The van der Waals surface area contributed by atoms with Crippen LogP contribution >= 0.6 is 0 Å². The molecule has 1 heterocycles. The van der Waals surface area contributed by atoms with Crippen molar-refractivity contribution in [3.63, 3.8) is 0 Å². The summed E-state index contributed by atoms with van der Waals surface area (Å²) in [4.78, 5) is 28.0. The summed E-state index contributed by atoms with van der Waals surface area (Å²) < 4.78 is 5.46. The molecule has 1 saturated heterocycles. The summed E-state index contributed by atoms with van der Waals surface area (Å²) in [5.74, 6) is 0.944. The Morgan fingerprint density at radius 1 is 1.33 bits per heavy atom. The minimum Gasteiger partial charge on any atom is -0.373 e. The van der Waals surface area contributed by atoms with E-state index in [2.05, 4.69) is 11.5 Å². The molecule has 0 aromatic heterocycles. The molecule has 4 atom stereocenters. The van der Waals surface area contributed by atoms with Crippen LogP contribution in [0.2, 0.25) is 0 Å². The van der Waals surface area contributed by atoms with Gasteiger partial charge in [-0.15, -0.1) is 6.58 Å². The molecule has 130 valence electrons. The fraction of sp³-hybridized carbons (Fsp3) is 0.700. The third-order valence-electron chi connectivity index (χ3n) is 6.94. The zero-order valence-corrected chi connectivity index (χ0v) is 14.6. The molecular weight excluding hydrogens is 302 g/mol. The van der Waals surface area contributed by atoms with Crippen LogP contribution in [-0.4, -0.2) is 48.8 Å². The monoisotopic (exact) mass is 329 g/mol. The Balaban J connectivity index is 1.81. The molecule has 4 nitrogen and oxygen atoms in total. The van der Waals surface area contributed by atoms with Crippen LogP contribution in [0.3, 0.4) is 0 Å². The quantitative estimate of drug-likeness (QED) is 0.747. The van der Waals surface area contributed by atoms with Crippen LogP contribution < -0.4 is 0 Å². The number of ether oxygens (including phenoxy) is 1. The molecule has 1 saturated carbocycles. The van der Waals surface area contributed by atoms with Crippen molar-refractivity contribution in [1.82, 2.24) is 4.90 Å². The lowest BCUT2D eigenvalue weighted by Crippen LogP contribution is -2.61. The minimum absolute atomic E-state index is 0.175. The van der Waals surface area contributed by atoms with E-state index in [4.69, 9.17) is 4.74 Å². The van der Waals surface area contributed by atoms with Gasteiger partial charge in [-0.3, -0.25) is 14.5 Å². The van der Waals surface area contributed by atoms with Crippen molar-refractivity contribution in [1.29, 1.82) is 0 Å². The molecule has 4 unspecified atom stereocenters. The van der Waals surface area contributed by atoms with Crippen LogP contribution in [-0.2, 0) is 14.3 Å². The molecular formula is C20H27NO3. The SMILES string of the molecule is C=CCN1CCC23CC(=O)CCC2C1CC1=C3C(=O)C(OC)CC1. The van der Waals surface area contributed by atoms with Gasteiger partial charge in [0.2, 0.25) is 0 Å². The Kier molecular flexibility index (Phi) is 4.00. The lowest BCUT2D eigenvalue weighted by atomic mass is 9.50. The highest BCUT2D eigenvalue weighted by atomic mass is 16.5. The highest BCUT2D eigenvalue weighted by molar-refractivity contribution is 6.03. The Labute approximate surface area is 143 Å². The van der Waals surface area contributed by atoms with Gasteiger partial charge in [0.15, 0.2) is 5.78 Å². The van der Waals surface area contributed by atoms with Crippen molar-refractivity contribution in [2.24, 2.45) is 11.3 Å². The Bertz CT molecular complexity index is 622. The Morgan fingerprint density at radius 3 is 2.92 bits per heavy atom. The zero-order chi connectivity index (χ0) is 16.9. The molecule has 3 aliphatic carbocycles. The van der Waals surface area contributed by atoms with Crippen LogP contribution in [0, 0.1) is 11.3 Å². The second kappa shape index (κ2) is 5.92. The van der Waals surface area contributed by atoms with Gasteiger partial charge in [-0.05, 0) is 44.6 Å². The average Bonchev–Trinajstić information content (AvgIpc) is 2.57. The predicted octanol–water partition coefficient (Wildman–Crippen LogP) is 2.68. The molecule has 0 spiro atoms. The number of methoxy groups -OCH3 is 1. The maximum atomic E-state index is 13.1. The standard InChI is InChI=1S/C20H27NO3/c1-3-9-21-10-8-20-12-14(22)5-6-15(20)16(21)11-13-4-7-17(24-2)19(23)18(13)20/h3,15-17H,1,4-12H2,2H3. The van der Waals surface area contributed by atoms with Gasteiger partial charge in [0.25, 0.3) is 0 Å². The number of hydrogen-bond donors (Lipinski definition) is 0. The van der Waals surface area contributed by atoms with E-state index in [-0.39, 0.29) is 17.3 Å². The van der Waals surface area contributed by atoms with E-state index in [1.807, 2.05) is 6.08 Å². The highest BCUT2D eigenvalue weighted by Gasteiger charge is 2.58. The van der Waals surface area contributed by atoms with Gasteiger partial charge in [0.05, 0.1) is 0 Å². The second-order valence-electron chi connectivity index (χ2n) is 7.93. The van der Waals surface area contributed by atoms with Crippen LogP contribution in [0.1, 0.15) is 44.9 Å². The van der Waals surface area contributed by atoms with Crippen molar-refractivity contribution in [2.75, 3.05) is 20.2 Å². The van der Waals surface area contributed by atoms with Crippen molar-refractivity contribution in [3.8, 4) is 0 Å². The van der Waals surface area contributed by atoms with Crippen molar-refractivity contribution < 1.29 is 14.3 Å². The molecule has 0 aromatic rings. The van der Waals surface area contributed by atoms with E-state index in [1.54, 1.807) is 7.11 Å². The van der Waals surface area contributed by atoms with E-state index in [1.165, 1.54) is 5.57 Å². The summed E-state index contributed by atoms with van der Waals surface area (Å²) in [6.45, 7) is 5.78. The molecule has 0 aromatic carbocycles. The average molecular weight is 329 g/mol. The maximum absolute atomic E-state index is 13.1. The Morgan fingerprint density at radius 2 is 2.17 bits per heavy atom. The molecule has 4 rings (SSSR count). The first kappa shape index (κ1) is 16.2. The zero-order valence-electron chi connectivity index (χ0n) is 14.6. The lowest BCUT2D eigenvalue weighted by Gasteiger charge is -2.59. The number of carbonyl (C=O) groups is 2. The number of likely N-dealkylation sites (tertiary alicyclic amines) is 1. The first-order valence-electron chi connectivity index (χ1n) is 9.27. The van der Waals surface area contributed by atoms with Crippen molar-refractivity contribution >= 4 is 11.6 Å². The van der Waals surface area contributed by atoms with Gasteiger partial charge in [0, 0.05) is 43.5 Å². The van der Waals surface area contributed by atoms with Crippen LogP contribution in [0.25, 0.3) is 0 Å². The normalized spacial score (nSPS) is 39.5.